The van der Waals surface area contributed by atoms with Crippen molar-refractivity contribution in [3.05, 3.63) is 17.2 Å². The van der Waals surface area contributed by atoms with Crippen LogP contribution in [0.4, 0.5) is 0 Å². The second-order valence-corrected chi connectivity index (χ2v) is 3.51. The lowest BCUT2D eigenvalue weighted by atomic mass is 10.3. The van der Waals surface area contributed by atoms with E-state index < -0.39 is 0 Å². The van der Waals surface area contributed by atoms with Gasteiger partial charge in [0, 0.05) is 11.0 Å². The van der Waals surface area contributed by atoms with E-state index in [1.807, 2.05) is 13.8 Å². The third-order valence-electron chi connectivity index (χ3n) is 1.61. The normalized spacial score (nSPS) is 10.0. The van der Waals surface area contributed by atoms with Gasteiger partial charge in [0.2, 0.25) is 0 Å². The third kappa shape index (κ3) is 2.72. The number of halogens is 1. The molecule has 2 nitrogen and oxygen atoms in total. The fraction of sp³-hybridized carbons (Fsp3) is 0.400. The molecule has 0 amide bonds. The van der Waals surface area contributed by atoms with Crippen LogP contribution in [0.5, 0.6) is 11.5 Å². The molecule has 1 aromatic carbocycles. The Morgan fingerprint density at radius 2 is 1.64 bits per heavy atom. The van der Waals surface area contributed by atoms with E-state index in [-0.39, 0.29) is 0 Å². The van der Waals surface area contributed by atoms with Crippen molar-refractivity contribution in [3.63, 3.8) is 0 Å². The van der Waals surface area contributed by atoms with Crippen molar-refractivity contribution in [1.82, 2.24) is 0 Å². The molecule has 0 atom stereocenters. The van der Waals surface area contributed by atoms with Crippen molar-refractivity contribution in [1.29, 1.82) is 0 Å². The van der Waals surface area contributed by atoms with E-state index in [1.54, 1.807) is 12.1 Å². The van der Waals surface area contributed by atoms with E-state index >= 15 is 0 Å². The topological polar surface area (TPSA) is 18.5 Å². The number of ether oxygens (including phenoxy) is 2. The van der Waals surface area contributed by atoms with E-state index in [4.69, 9.17) is 21.1 Å². The molecule has 0 spiro atoms. The molecular formula is C10H13ClO2S. The number of benzene rings is 1. The average molecular weight is 233 g/mol. The van der Waals surface area contributed by atoms with Gasteiger partial charge >= 0.3 is 0 Å². The molecule has 0 aromatic heterocycles. The summed E-state index contributed by atoms with van der Waals surface area (Å²) in [6.07, 6.45) is 0. The quantitative estimate of drug-likeness (QED) is 0.802. The summed E-state index contributed by atoms with van der Waals surface area (Å²) in [6.45, 7) is 5.01. The molecule has 0 saturated carbocycles. The van der Waals surface area contributed by atoms with Gasteiger partial charge in [-0.1, -0.05) is 11.6 Å². The third-order valence-corrected chi connectivity index (χ3v) is 2.43. The highest BCUT2D eigenvalue weighted by atomic mass is 35.5. The molecule has 1 rings (SSSR count). The molecule has 0 radical (unpaired) electrons. The minimum absolute atomic E-state index is 0.570. The van der Waals surface area contributed by atoms with Gasteiger partial charge in [-0.25, -0.2) is 0 Å². The standard InChI is InChI=1S/C10H13ClO2S/c1-3-12-8-5-7(11)10(14)6-9(8)13-4-2/h5-6,14H,3-4H2,1-2H3. The van der Waals surface area contributed by atoms with Gasteiger partial charge in [-0.3, -0.25) is 0 Å². The molecule has 0 aliphatic rings. The summed E-state index contributed by atoms with van der Waals surface area (Å²) in [5.41, 5.74) is 0. The van der Waals surface area contributed by atoms with Gasteiger partial charge < -0.3 is 9.47 Å². The lowest BCUT2D eigenvalue weighted by molar-refractivity contribution is 0.287. The van der Waals surface area contributed by atoms with Crippen LogP contribution in [-0.2, 0) is 0 Å². The molecule has 0 N–H and O–H groups in total. The summed E-state index contributed by atoms with van der Waals surface area (Å²) in [4.78, 5) is 0.693. The van der Waals surface area contributed by atoms with Gasteiger partial charge in [-0.05, 0) is 19.9 Å². The molecule has 0 aliphatic carbocycles. The molecule has 0 aliphatic heterocycles. The monoisotopic (exact) mass is 232 g/mol. The number of hydrogen-bond donors (Lipinski definition) is 1. The van der Waals surface area contributed by atoms with Crippen LogP contribution in [-0.4, -0.2) is 13.2 Å². The maximum atomic E-state index is 5.91. The zero-order chi connectivity index (χ0) is 10.6. The molecule has 0 bridgehead atoms. The van der Waals surface area contributed by atoms with Crippen molar-refractivity contribution in [2.24, 2.45) is 0 Å². The van der Waals surface area contributed by atoms with Gasteiger partial charge in [0.15, 0.2) is 11.5 Å². The Balaban J connectivity index is 3.03. The largest absolute Gasteiger partial charge is 0.490 e. The van der Waals surface area contributed by atoms with E-state index in [2.05, 4.69) is 12.6 Å². The molecule has 0 unspecified atom stereocenters. The predicted octanol–water partition coefficient (Wildman–Crippen LogP) is 3.43. The Bertz CT molecular complexity index is 284. The lowest BCUT2D eigenvalue weighted by Crippen LogP contribution is -1.98. The van der Waals surface area contributed by atoms with Crippen molar-refractivity contribution in [2.45, 2.75) is 18.7 Å². The van der Waals surface area contributed by atoms with Gasteiger partial charge in [0.05, 0.1) is 18.2 Å². The first-order chi connectivity index (χ1) is 6.69. The summed E-state index contributed by atoms with van der Waals surface area (Å²) in [6, 6.07) is 3.48. The second-order valence-electron chi connectivity index (χ2n) is 2.62. The highest BCUT2D eigenvalue weighted by molar-refractivity contribution is 7.80. The van der Waals surface area contributed by atoms with Crippen LogP contribution in [0.25, 0.3) is 0 Å². The Morgan fingerprint density at radius 1 is 1.14 bits per heavy atom. The SMILES string of the molecule is CCOc1cc(S)c(Cl)cc1OCC. The predicted molar refractivity (Wildman–Crippen MR) is 61.0 cm³/mol. The summed E-state index contributed by atoms with van der Waals surface area (Å²) in [7, 11) is 0. The van der Waals surface area contributed by atoms with Gasteiger partial charge in [0.25, 0.3) is 0 Å². The van der Waals surface area contributed by atoms with Crippen LogP contribution in [0.2, 0.25) is 5.02 Å². The highest BCUT2D eigenvalue weighted by Crippen LogP contribution is 2.35. The average Bonchev–Trinajstić information content (AvgIpc) is 2.14. The number of thiol groups is 1. The molecule has 0 heterocycles. The van der Waals surface area contributed by atoms with E-state index in [1.165, 1.54) is 0 Å². The maximum absolute atomic E-state index is 5.91. The Morgan fingerprint density at radius 3 is 2.14 bits per heavy atom. The number of hydrogen-bond acceptors (Lipinski definition) is 3. The van der Waals surface area contributed by atoms with Crippen LogP contribution in [0.3, 0.4) is 0 Å². The summed E-state index contributed by atoms with van der Waals surface area (Å²) in [5.74, 6) is 1.35. The summed E-state index contributed by atoms with van der Waals surface area (Å²) >= 11 is 10.1. The molecule has 0 fully saturated rings. The second kappa shape index (κ2) is 5.37. The van der Waals surface area contributed by atoms with Crippen LogP contribution in [0.15, 0.2) is 17.0 Å². The maximum Gasteiger partial charge on any atom is 0.162 e. The minimum atomic E-state index is 0.570. The molecule has 0 saturated heterocycles. The van der Waals surface area contributed by atoms with E-state index in [0.29, 0.717) is 34.6 Å². The lowest BCUT2D eigenvalue weighted by Gasteiger charge is -2.11. The first-order valence-electron chi connectivity index (χ1n) is 4.47. The minimum Gasteiger partial charge on any atom is -0.490 e. The van der Waals surface area contributed by atoms with Crippen molar-refractivity contribution in [2.75, 3.05) is 13.2 Å². The molecular weight excluding hydrogens is 220 g/mol. The van der Waals surface area contributed by atoms with Gasteiger partial charge in [-0.2, -0.15) is 0 Å². The Hall–Kier alpha value is -0.540. The van der Waals surface area contributed by atoms with Crippen molar-refractivity contribution < 1.29 is 9.47 Å². The molecule has 4 heteroatoms. The Kier molecular flexibility index (Phi) is 4.42. The van der Waals surface area contributed by atoms with Gasteiger partial charge in [0.1, 0.15) is 0 Å². The van der Waals surface area contributed by atoms with Crippen molar-refractivity contribution in [3.8, 4) is 11.5 Å². The van der Waals surface area contributed by atoms with E-state index in [9.17, 15) is 0 Å². The van der Waals surface area contributed by atoms with Gasteiger partial charge in [-0.15, -0.1) is 12.6 Å². The summed E-state index contributed by atoms with van der Waals surface area (Å²) < 4.78 is 10.8. The van der Waals surface area contributed by atoms with Crippen molar-refractivity contribution >= 4 is 24.2 Å². The summed E-state index contributed by atoms with van der Waals surface area (Å²) in [5, 5.41) is 0.570. The molecule has 1 aromatic rings. The molecule has 14 heavy (non-hydrogen) atoms. The smallest absolute Gasteiger partial charge is 0.162 e. The highest BCUT2D eigenvalue weighted by Gasteiger charge is 2.08. The van der Waals surface area contributed by atoms with Crippen LogP contribution in [0, 0.1) is 0 Å². The first-order valence-corrected chi connectivity index (χ1v) is 5.29. The van der Waals surface area contributed by atoms with Crippen LogP contribution >= 0.6 is 24.2 Å². The Labute approximate surface area is 94.6 Å². The zero-order valence-corrected chi connectivity index (χ0v) is 9.86. The zero-order valence-electron chi connectivity index (χ0n) is 8.21. The fourth-order valence-corrected chi connectivity index (χ4v) is 1.40. The van der Waals surface area contributed by atoms with E-state index in [0.717, 1.165) is 0 Å². The van der Waals surface area contributed by atoms with Crippen LogP contribution in [0.1, 0.15) is 13.8 Å². The molecule has 78 valence electrons. The van der Waals surface area contributed by atoms with Crippen LogP contribution < -0.4 is 9.47 Å². The fourth-order valence-electron chi connectivity index (χ4n) is 1.06. The first kappa shape index (κ1) is 11.5. The number of rotatable bonds is 4.